The zero-order valence-corrected chi connectivity index (χ0v) is 10.9. The molecule has 1 unspecified atom stereocenters. The lowest BCUT2D eigenvalue weighted by atomic mass is 10.1. The summed E-state index contributed by atoms with van der Waals surface area (Å²) in [5.41, 5.74) is 0. The van der Waals surface area contributed by atoms with Crippen molar-refractivity contribution in [1.29, 1.82) is 0 Å². The van der Waals surface area contributed by atoms with Gasteiger partial charge in [-0.15, -0.1) is 0 Å². The lowest BCUT2D eigenvalue weighted by Gasteiger charge is -2.26. The van der Waals surface area contributed by atoms with Crippen LogP contribution in [0.15, 0.2) is 12.2 Å². The van der Waals surface area contributed by atoms with Crippen molar-refractivity contribution in [3.63, 3.8) is 0 Å². The van der Waals surface area contributed by atoms with Gasteiger partial charge in [0.05, 0.1) is 19.1 Å². The van der Waals surface area contributed by atoms with Crippen LogP contribution in [0.5, 0.6) is 0 Å². The van der Waals surface area contributed by atoms with Crippen LogP contribution in [-0.4, -0.2) is 50.3 Å². The molecule has 0 aromatic carbocycles. The number of morpholine rings is 1. The molecule has 0 radical (unpaired) electrons. The van der Waals surface area contributed by atoms with Crippen LogP contribution in [0.4, 0.5) is 0 Å². The number of allylic oxidation sites excluding steroid dienone is 2. The van der Waals surface area contributed by atoms with Crippen molar-refractivity contribution in [1.82, 2.24) is 4.90 Å². The molecule has 1 aliphatic rings. The molecule has 1 saturated heterocycles. The predicted molar refractivity (Wildman–Crippen MR) is 66.8 cm³/mol. The summed E-state index contributed by atoms with van der Waals surface area (Å²) in [6.07, 6.45) is 4.71. The van der Waals surface area contributed by atoms with Crippen LogP contribution in [-0.2, 0) is 14.3 Å². The molecule has 0 bridgehead atoms. The molecular formula is C13H23NO3. The number of nitrogens with zero attached hydrogens (tertiary/aromatic N) is 1. The molecule has 0 aliphatic carbocycles. The van der Waals surface area contributed by atoms with Gasteiger partial charge in [0.1, 0.15) is 6.61 Å². The Labute approximate surface area is 104 Å². The summed E-state index contributed by atoms with van der Waals surface area (Å²) >= 11 is 0. The van der Waals surface area contributed by atoms with Crippen LogP contribution in [0.3, 0.4) is 0 Å². The minimum atomic E-state index is -0.101. The molecule has 0 aromatic heterocycles. The topological polar surface area (TPSA) is 38.8 Å². The molecule has 1 aliphatic heterocycles. The number of carbonyl (C=O) groups is 1. The summed E-state index contributed by atoms with van der Waals surface area (Å²) in [5.74, 6) is -0.146. The summed E-state index contributed by atoms with van der Waals surface area (Å²) in [6, 6.07) is 0. The van der Waals surface area contributed by atoms with Crippen LogP contribution in [0.25, 0.3) is 0 Å². The summed E-state index contributed by atoms with van der Waals surface area (Å²) in [5, 5.41) is 0. The van der Waals surface area contributed by atoms with Crippen LogP contribution < -0.4 is 0 Å². The molecule has 1 rings (SSSR count). The van der Waals surface area contributed by atoms with Gasteiger partial charge in [-0.25, -0.2) is 0 Å². The average Bonchev–Trinajstić information content (AvgIpc) is 2.37. The third-order valence-corrected chi connectivity index (χ3v) is 2.88. The summed E-state index contributed by atoms with van der Waals surface area (Å²) in [4.78, 5) is 13.8. The van der Waals surface area contributed by atoms with Gasteiger partial charge in [0.25, 0.3) is 0 Å². The standard InChI is InChI=1S/C13H23NO3/c1-3-4-5-12(2)13(15)17-11-8-14-6-9-16-10-7-14/h3-4,12H,5-11H2,1-2H3. The van der Waals surface area contributed by atoms with E-state index in [4.69, 9.17) is 9.47 Å². The Morgan fingerprint density at radius 2 is 2.18 bits per heavy atom. The number of hydrogen-bond donors (Lipinski definition) is 0. The molecule has 17 heavy (non-hydrogen) atoms. The molecular weight excluding hydrogens is 218 g/mol. The van der Waals surface area contributed by atoms with E-state index >= 15 is 0 Å². The molecule has 1 heterocycles. The molecule has 0 aromatic rings. The number of rotatable bonds is 6. The number of hydrogen-bond acceptors (Lipinski definition) is 4. The van der Waals surface area contributed by atoms with E-state index < -0.39 is 0 Å². The van der Waals surface area contributed by atoms with Gasteiger partial charge in [-0.2, -0.15) is 0 Å². The average molecular weight is 241 g/mol. The third-order valence-electron chi connectivity index (χ3n) is 2.88. The van der Waals surface area contributed by atoms with Crippen molar-refractivity contribution in [2.45, 2.75) is 20.3 Å². The van der Waals surface area contributed by atoms with Crippen molar-refractivity contribution >= 4 is 5.97 Å². The smallest absolute Gasteiger partial charge is 0.309 e. The molecule has 1 fully saturated rings. The zero-order chi connectivity index (χ0) is 12.5. The molecule has 0 spiro atoms. The minimum absolute atomic E-state index is 0.0455. The van der Waals surface area contributed by atoms with Crippen molar-refractivity contribution in [3.05, 3.63) is 12.2 Å². The lowest BCUT2D eigenvalue weighted by molar-refractivity contribution is -0.148. The lowest BCUT2D eigenvalue weighted by Crippen LogP contribution is -2.38. The summed E-state index contributed by atoms with van der Waals surface area (Å²) in [6.45, 7) is 8.59. The van der Waals surface area contributed by atoms with E-state index in [0.717, 1.165) is 39.3 Å². The Balaban J connectivity index is 2.10. The van der Waals surface area contributed by atoms with Gasteiger partial charge in [0.15, 0.2) is 0 Å². The molecule has 1 atom stereocenters. The normalized spacial score (nSPS) is 19.4. The van der Waals surface area contributed by atoms with Crippen LogP contribution in [0.2, 0.25) is 0 Å². The maximum atomic E-state index is 11.6. The van der Waals surface area contributed by atoms with E-state index in [-0.39, 0.29) is 11.9 Å². The van der Waals surface area contributed by atoms with E-state index in [1.807, 2.05) is 26.0 Å². The molecule has 98 valence electrons. The van der Waals surface area contributed by atoms with Gasteiger partial charge in [-0.05, 0) is 13.3 Å². The first kappa shape index (κ1) is 14.2. The number of esters is 1. The highest BCUT2D eigenvalue weighted by Crippen LogP contribution is 2.05. The highest BCUT2D eigenvalue weighted by atomic mass is 16.5. The van der Waals surface area contributed by atoms with Crippen molar-refractivity contribution in [3.8, 4) is 0 Å². The largest absolute Gasteiger partial charge is 0.464 e. The first-order chi connectivity index (χ1) is 8.24. The zero-order valence-electron chi connectivity index (χ0n) is 10.9. The molecule has 4 heteroatoms. The summed E-state index contributed by atoms with van der Waals surface area (Å²) < 4.78 is 10.5. The van der Waals surface area contributed by atoms with Gasteiger partial charge in [-0.1, -0.05) is 19.1 Å². The Morgan fingerprint density at radius 1 is 1.47 bits per heavy atom. The van der Waals surface area contributed by atoms with Gasteiger partial charge in [-0.3, -0.25) is 9.69 Å². The molecule has 0 saturated carbocycles. The highest BCUT2D eigenvalue weighted by molar-refractivity contribution is 5.72. The molecule has 0 N–H and O–H groups in total. The molecule has 0 amide bonds. The fraction of sp³-hybridized carbons (Fsp3) is 0.769. The highest BCUT2D eigenvalue weighted by Gasteiger charge is 2.14. The van der Waals surface area contributed by atoms with Crippen molar-refractivity contribution in [2.75, 3.05) is 39.5 Å². The third kappa shape index (κ3) is 5.84. The van der Waals surface area contributed by atoms with Crippen LogP contribution in [0.1, 0.15) is 20.3 Å². The fourth-order valence-corrected chi connectivity index (χ4v) is 1.68. The van der Waals surface area contributed by atoms with E-state index in [1.165, 1.54) is 0 Å². The molecule has 4 nitrogen and oxygen atoms in total. The minimum Gasteiger partial charge on any atom is -0.464 e. The second-order valence-corrected chi connectivity index (χ2v) is 4.33. The van der Waals surface area contributed by atoms with E-state index in [2.05, 4.69) is 4.90 Å². The predicted octanol–water partition coefficient (Wildman–Crippen LogP) is 1.46. The monoisotopic (exact) mass is 241 g/mol. The first-order valence-corrected chi connectivity index (χ1v) is 6.32. The number of carbonyl (C=O) groups excluding carboxylic acids is 1. The van der Waals surface area contributed by atoms with E-state index in [9.17, 15) is 4.79 Å². The first-order valence-electron chi connectivity index (χ1n) is 6.32. The van der Waals surface area contributed by atoms with Crippen LogP contribution >= 0.6 is 0 Å². The second kappa shape index (κ2) is 8.25. The van der Waals surface area contributed by atoms with Crippen LogP contribution in [0, 0.1) is 5.92 Å². The second-order valence-electron chi connectivity index (χ2n) is 4.33. The van der Waals surface area contributed by atoms with E-state index in [0.29, 0.717) is 6.61 Å². The Bertz CT molecular complexity index is 247. The Kier molecular flexibility index (Phi) is 6.89. The quantitative estimate of drug-likeness (QED) is 0.521. The number of ether oxygens (including phenoxy) is 2. The SMILES string of the molecule is CC=CCC(C)C(=O)OCCN1CCOCC1. The fourth-order valence-electron chi connectivity index (χ4n) is 1.68. The van der Waals surface area contributed by atoms with Gasteiger partial charge < -0.3 is 9.47 Å². The van der Waals surface area contributed by atoms with E-state index in [1.54, 1.807) is 0 Å². The Morgan fingerprint density at radius 3 is 2.82 bits per heavy atom. The van der Waals surface area contributed by atoms with Gasteiger partial charge >= 0.3 is 5.97 Å². The summed E-state index contributed by atoms with van der Waals surface area (Å²) in [7, 11) is 0. The van der Waals surface area contributed by atoms with Crippen molar-refractivity contribution in [2.24, 2.45) is 5.92 Å². The maximum absolute atomic E-state index is 11.6. The van der Waals surface area contributed by atoms with Gasteiger partial charge in [0.2, 0.25) is 0 Å². The maximum Gasteiger partial charge on any atom is 0.309 e. The van der Waals surface area contributed by atoms with Gasteiger partial charge in [0, 0.05) is 19.6 Å². The van der Waals surface area contributed by atoms with Crippen molar-refractivity contribution < 1.29 is 14.3 Å². The Hall–Kier alpha value is -0.870.